The molecule has 2 unspecified atom stereocenters. The maximum Gasteiger partial charge on any atom is 0.247 e. The molecule has 4 rings (SSSR count). The molecule has 2 atom stereocenters. The lowest BCUT2D eigenvalue weighted by molar-refractivity contribution is -0.117. The zero-order valence-corrected chi connectivity index (χ0v) is 21.2. The molecule has 10 heteroatoms. The second-order valence-corrected chi connectivity index (χ2v) is 11.3. The third-order valence-corrected chi connectivity index (χ3v) is 8.44. The highest BCUT2D eigenvalue weighted by Gasteiger charge is 2.42. The van der Waals surface area contributed by atoms with E-state index in [0.717, 1.165) is 5.56 Å². The number of carbonyl (C=O) groups is 1. The third kappa shape index (κ3) is 5.31. The highest BCUT2D eigenvalue weighted by molar-refractivity contribution is 8.16. The standard InChI is InChI=1S/C24H21Cl2N3O3S2/c1-15(14-19-20(25)8-5-9-21(19)26)22-23(30)29(17-6-3-2-4-7-17)24(33-22)28-16-10-12-18(13-11-16)34(27,31)32/h2-13,15,22H,14H2,1H3,(H2,27,31,32). The van der Waals surface area contributed by atoms with Crippen molar-refractivity contribution >= 4 is 67.4 Å². The van der Waals surface area contributed by atoms with Crippen LogP contribution >= 0.6 is 35.0 Å². The predicted molar refractivity (Wildman–Crippen MR) is 140 cm³/mol. The van der Waals surface area contributed by atoms with Gasteiger partial charge in [-0.05, 0) is 66.4 Å². The number of hydrogen-bond donors (Lipinski definition) is 1. The summed E-state index contributed by atoms with van der Waals surface area (Å²) in [5, 5.41) is 6.41. The van der Waals surface area contributed by atoms with E-state index in [2.05, 4.69) is 4.99 Å². The number of amides is 1. The van der Waals surface area contributed by atoms with Crippen LogP contribution in [-0.4, -0.2) is 24.7 Å². The number of rotatable bonds is 6. The minimum atomic E-state index is -3.81. The van der Waals surface area contributed by atoms with Crippen molar-refractivity contribution in [1.82, 2.24) is 0 Å². The van der Waals surface area contributed by atoms with Crippen molar-refractivity contribution in [3.8, 4) is 0 Å². The summed E-state index contributed by atoms with van der Waals surface area (Å²) in [6, 6.07) is 20.5. The number of aliphatic imine (C=N–C) groups is 1. The number of hydrogen-bond acceptors (Lipinski definition) is 5. The molecule has 0 spiro atoms. The van der Waals surface area contributed by atoms with Gasteiger partial charge in [0.1, 0.15) is 0 Å². The van der Waals surface area contributed by atoms with E-state index in [1.54, 1.807) is 35.2 Å². The topological polar surface area (TPSA) is 92.8 Å². The van der Waals surface area contributed by atoms with Crippen LogP contribution in [0.2, 0.25) is 10.0 Å². The summed E-state index contributed by atoms with van der Waals surface area (Å²) in [7, 11) is -3.81. The summed E-state index contributed by atoms with van der Waals surface area (Å²) < 4.78 is 23.1. The Labute approximate surface area is 212 Å². The molecule has 2 N–H and O–H groups in total. The van der Waals surface area contributed by atoms with Crippen molar-refractivity contribution in [3.05, 3.63) is 88.4 Å². The van der Waals surface area contributed by atoms with Gasteiger partial charge in [-0.25, -0.2) is 18.5 Å². The quantitative estimate of drug-likeness (QED) is 0.442. The molecule has 1 amide bonds. The van der Waals surface area contributed by atoms with Gasteiger partial charge in [-0.1, -0.05) is 66.2 Å². The van der Waals surface area contributed by atoms with E-state index < -0.39 is 15.3 Å². The molecule has 0 bridgehead atoms. The van der Waals surface area contributed by atoms with Crippen LogP contribution in [0.4, 0.5) is 11.4 Å². The maximum atomic E-state index is 13.6. The minimum absolute atomic E-state index is 0.00497. The normalized spacial score (nSPS) is 18.5. The van der Waals surface area contributed by atoms with Gasteiger partial charge in [0, 0.05) is 10.0 Å². The Bertz CT molecular complexity index is 1330. The third-order valence-electron chi connectivity index (χ3n) is 5.40. The Kier molecular flexibility index (Phi) is 7.35. The lowest BCUT2D eigenvalue weighted by Crippen LogP contribution is -2.34. The van der Waals surface area contributed by atoms with Gasteiger partial charge in [0.15, 0.2) is 5.17 Å². The van der Waals surface area contributed by atoms with Gasteiger partial charge in [-0.15, -0.1) is 0 Å². The number of nitrogens with two attached hydrogens (primary N) is 1. The van der Waals surface area contributed by atoms with Gasteiger partial charge in [-0.2, -0.15) is 0 Å². The first-order valence-electron chi connectivity index (χ1n) is 10.4. The molecular formula is C24H21Cl2N3O3S2. The fraction of sp³-hybridized carbons (Fsp3) is 0.167. The molecule has 0 aliphatic carbocycles. The fourth-order valence-electron chi connectivity index (χ4n) is 3.67. The zero-order chi connectivity index (χ0) is 24.5. The molecule has 1 aliphatic rings. The summed E-state index contributed by atoms with van der Waals surface area (Å²) in [4.78, 5) is 19.8. The van der Waals surface area contributed by atoms with Crippen molar-refractivity contribution in [2.75, 3.05) is 4.90 Å². The molecule has 1 saturated heterocycles. The first kappa shape index (κ1) is 24.8. The van der Waals surface area contributed by atoms with Crippen LogP contribution in [0, 0.1) is 5.92 Å². The van der Waals surface area contributed by atoms with Crippen LogP contribution in [0.5, 0.6) is 0 Å². The second kappa shape index (κ2) is 10.1. The van der Waals surface area contributed by atoms with Gasteiger partial charge in [0.05, 0.1) is 21.5 Å². The number of anilines is 1. The lowest BCUT2D eigenvalue weighted by Gasteiger charge is -2.19. The van der Waals surface area contributed by atoms with Crippen molar-refractivity contribution < 1.29 is 13.2 Å². The van der Waals surface area contributed by atoms with Crippen LogP contribution in [0.15, 0.2) is 82.7 Å². The van der Waals surface area contributed by atoms with Crippen molar-refractivity contribution in [2.24, 2.45) is 16.0 Å². The number of halogens is 2. The molecular weight excluding hydrogens is 513 g/mol. The average molecular weight is 534 g/mol. The number of primary sulfonamides is 1. The van der Waals surface area contributed by atoms with E-state index in [9.17, 15) is 13.2 Å². The minimum Gasteiger partial charge on any atom is -0.273 e. The molecule has 3 aromatic rings. The Balaban J connectivity index is 1.67. The molecule has 0 radical (unpaired) electrons. The van der Waals surface area contributed by atoms with Crippen LogP contribution in [-0.2, 0) is 21.2 Å². The largest absolute Gasteiger partial charge is 0.273 e. The highest BCUT2D eigenvalue weighted by atomic mass is 35.5. The van der Waals surface area contributed by atoms with E-state index in [1.165, 1.54) is 23.9 Å². The summed E-state index contributed by atoms with van der Waals surface area (Å²) in [5.41, 5.74) is 2.01. The molecule has 6 nitrogen and oxygen atoms in total. The number of sulfonamides is 1. The van der Waals surface area contributed by atoms with Gasteiger partial charge in [0.25, 0.3) is 0 Å². The van der Waals surface area contributed by atoms with Crippen LogP contribution < -0.4 is 10.0 Å². The average Bonchev–Trinajstić information content (AvgIpc) is 3.12. The van der Waals surface area contributed by atoms with Gasteiger partial charge in [0.2, 0.25) is 15.9 Å². The highest BCUT2D eigenvalue weighted by Crippen LogP contribution is 2.39. The Morgan fingerprint density at radius 2 is 1.62 bits per heavy atom. The van der Waals surface area contributed by atoms with Crippen molar-refractivity contribution in [3.63, 3.8) is 0 Å². The Morgan fingerprint density at radius 1 is 1.00 bits per heavy atom. The van der Waals surface area contributed by atoms with E-state index in [1.807, 2.05) is 37.3 Å². The van der Waals surface area contributed by atoms with Gasteiger partial charge in [-0.3, -0.25) is 9.69 Å². The van der Waals surface area contributed by atoms with E-state index in [0.29, 0.717) is 33.0 Å². The number of benzene rings is 3. The molecule has 1 fully saturated rings. The van der Waals surface area contributed by atoms with E-state index in [4.69, 9.17) is 28.3 Å². The first-order valence-corrected chi connectivity index (χ1v) is 13.5. The fourth-order valence-corrected chi connectivity index (χ4v) is 5.95. The van der Waals surface area contributed by atoms with Crippen molar-refractivity contribution in [1.29, 1.82) is 0 Å². The van der Waals surface area contributed by atoms with Crippen LogP contribution in [0.1, 0.15) is 12.5 Å². The summed E-state index contributed by atoms with van der Waals surface area (Å²) >= 11 is 14.1. The SMILES string of the molecule is CC(Cc1c(Cl)cccc1Cl)C1SC(=Nc2ccc(S(N)(=O)=O)cc2)N(c2ccccc2)C1=O. The van der Waals surface area contributed by atoms with Gasteiger partial charge < -0.3 is 0 Å². The Morgan fingerprint density at radius 3 is 2.21 bits per heavy atom. The maximum absolute atomic E-state index is 13.6. The molecule has 3 aromatic carbocycles. The molecule has 1 aliphatic heterocycles. The van der Waals surface area contributed by atoms with Crippen LogP contribution in [0.25, 0.3) is 0 Å². The molecule has 0 aromatic heterocycles. The summed E-state index contributed by atoms with van der Waals surface area (Å²) in [6.07, 6.45) is 0.529. The number of thioether (sulfide) groups is 1. The molecule has 1 heterocycles. The summed E-state index contributed by atoms with van der Waals surface area (Å²) in [6.45, 7) is 1.99. The van der Waals surface area contributed by atoms with Gasteiger partial charge >= 0.3 is 0 Å². The number of para-hydroxylation sites is 1. The number of nitrogens with zero attached hydrogens (tertiary/aromatic N) is 2. The molecule has 0 saturated carbocycles. The molecule has 34 heavy (non-hydrogen) atoms. The number of amidine groups is 1. The summed E-state index contributed by atoms with van der Waals surface area (Å²) in [5.74, 6) is -0.176. The second-order valence-electron chi connectivity index (χ2n) is 7.86. The first-order chi connectivity index (χ1) is 16.1. The smallest absolute Gasteiger partial charge is 0.247 e. The predicted octanol–water partition coefficient (Wildman–Crippen LogP) is 5.66. The van der Waals surface area contributed by atoms with E-state index >= 15 is 0 Å². The lowest BCUT2D eigenvalue weighted by atomic mass is 9.97. The van der Waals surface area contributed by atoms with E-state index in [-0.39, 0.29) is 16.7 Å². The van der Waals surface area contributed by atoms with Crippen molar-refractivity contribution in [2.45, 2.75) is 23.5 Å². The Hall–Kier alpha value is -2.36. The molecule has 176 valence electrons. The van der Waals surface area contributed by atoms with Crippen LogP contribution in [0.3, 0.4) is 0 Å². The number of carbonyl (C=O) groups excluding carboxylic acids is 1. The zero-order valence-electron chi connectivity index (χ0n) is 18.1. The monoisotopic (exact) mass is 533 g/mol.